The van der Waals surface area contributed by atoms with E-state index in [9.17, 15) is 0 Å². The summed E-state index contributed by atoms with van der Waals surface area (Å²) >= 11 is 5.53. The lowest BCUT2D eigenvalue weighted by Crippen LogP contribution is -2.01. The van der Waals surface area contributed by atoms with Gasteiger partial charge in [0.1, 0.15) is 0 Å². The molecule has 22 aromatic carbocycles. The van der Waals surface area contributed by atoms with Gasteiger partial charge in [-0.1, -0.05) is 376 Å². The van der Waals surface area contributed by atoms with E-state index >= 15 is 0 Å². The molecule has 141 heavy (non-hydrogen) atoms. The molecule has 0 atom stereocenters. The van der Waals surface area contributed by atoms with Gasteiger partial charge in [0.15, 0.2) is 52.4 Å². The Balaban J connectivity index is 0.000000109. The molecule has 0 bridgehead atoms. The lowest BCUT2D eigenvalue weighted by atomic mass is 9.94. The first-order chi connectivity index (χ1) is 69.8. The van der Waals surface area contributed by atoms with Gasteiger partial charge in [0, 0.05) is 111 Å². The van der Waals surface area contributed by atoms with E-state index in [4.69, 9.17) is 44.9 Å². The minimum Gasteiger partial charge on any atom is -0.208 e. The summed E-state index contributed by atoms with van der Waals surface area (Å²) in [5.74, 6) is 5.88. The van der Waals surface area contributed by atoms with Gasteiger partial charge in [-0.15, -0.1) is 34.0 Å². The van der Waals surface area contributed by atoms with Crippen molar-refractivity contribution in [1.82, 2.24) is 44.9 Å². The molecule has 0 aliphatic rings. The van der Waals surface area contributed by atoms with Gasteiger partial charge in [0.25, 0.3) is 0 Å². The number of aromatic nitrogens is 9. The molecule has 0 aliphatic heterocycles. The third kappa shape index (κ3) is 16.2. The highest BCUT2D eigenvalue weighted by Gasteiger charge is 2.24. The molecule has 6 heterocycles. The van der Waals surface area contributed by atoms with Crippen LogP contribution in [0, 0.1) is 0 Å². The van der Waals surface area contributed by atoms with E-state index in [-0.39, 0.29) is 0 Å². The summed E-state index contributed by atoms with van der Waals surface area (Å²) in [5.41, 5.74) is 18.0. The van der Waals surface area contributed by atoms with Crippen molar-refractivity contribution in [2.45, 2.75) is 0 Å². The first-order valence-corrected chi connectivity index (χ1v) is 49.6. The number of nitrogens with zero attached hydrogens (tertiary/aromatic N) is 9. The van der Waals surface area contributed by atoms with E-state index in [0.29, 0.717) is 52.4 Å². The highest BCUT2D eigenvalue weighted by molar-refractivity contribution is 7.26. The monoisotopic (exact) mass is 1850 g/mol. The summed E-state index contributed by atoms with van der Waals surface area (Å²) in [4.78, 5) is 45.8. The Kier molecular flexibility index (Phi) is 21.3. The Morgan fingerprint density at radius 2 is 0.383 bits per heavy atom. The Hall–Kier alpha value is -17.9. The molecule has 12 heteroatoms. The molecule has 658 valence electrons. The van der Waals surface area contributed by atoms with Crippen LogP contribution < -0.4 is 0 Å². The van der Waals surface area contributed by atoms with Crippen molar-refractivity contribution < 1.29 is 0 Å². The van der Waals surface area contributed by atoms with Crippen LogP contribution in [0.2, 0.25) is 0 Å². The fraction of sp³-hybridized carbons (Fsp3) is 0. The van der Waals surface area contributed by atoms with Gasteiger partial charge >= 0.3 is 0 Å². The van der Waals surface area contributed by atoms with Crippen LogP contribution in [0.15, 0.2) is 479 Å². The lowest BCUT2D eigenvalue weighted by molar-refractivity contribution is 1.07. The molecule has 0 aliphatic carbocycles. The SMILES string of the molecule is c1ccc(-c2cccc(-c3nc(-c4ccccc4)nc(-c4ccc(-c5ccc6c(c5)sc5ccccc56)c5ccccc45)n3)c2)cc1.c1ccc(-c2nc(-c3ccc4ccccc4c3)nc(-c3cc(-c4ccc5sc6ccccc6c5c4)c4ccccc4c3)n2)cc1.c1ccc2cc(-c3nc(-c4ccc5ccccc5c4)nc(-c4cc(-c5ccc6sc7ccccc7c6c5)c5ccccc5c4)n3)ccc2c1. The largest absolute Gasteiger partial charge is 0.208 e. The lowest BCUT2D eigenvalue weighted by Gasteiger charge is -2.13. The van der Waals surface area contributed by atoms with Crippen molar-refractivity contribution in [2.75, 3.05) is 0 Å². The number of fused-ring (bicyclic) bond motifs is 15. The van der Waals surface area contributed by atoms with E-state index in [1.807, 2.05) is 76.5 Å². The molecule has 0 amide bonds. The van der Waals surface area contributed by atoms with Crippen LogP contribution >= 0.6 is 34.0 Å². The molecule has 0 radical (unpaired) electrons. The zero-order chi connectivity index (χ0) is 93.2. The topological polar surface area (TPSA) is 116 Å². The van der Waals surface area contributed by atoms with Gasteiger partial charge in [-0.2, -0.15) is 0 Å². The second-order valence-corrected chi connectivity index (χ2v) is 38.7. The van der Waals surface area contributed by atoms with E-state index in [2.05, 4.69) is 437 Å². The van der Waals surface area contributed by atoms with Crippen LogP contribution in [0.3, 0.4) is 0 Å². The average Bonchev–Trinajstić information content (AvgIpc) is 1.73. The number of hydrogen-bond donors (Lipinski definition) is 0. The van der Waals surface area contributed by atoms with Crippen LogP contribution in [0.1, 0.15) is 0 Å². The summed E-state index contributed by atoms with van der Waals surface area (Å²) in [6.07, 6.45) is 0. The molecule has 0 N–H and O–H groups in total. The molecule has 28 rings (SSSR count). The van der Waals surface area contributed by atoms with Crippen molar-refractivity contribution in [3.05, 3.63) is 479 Å². The number of rotatable bonds is 13. The van der Waals surface area contributed by atoms with Crippen molar-refractivity contribution >= 4 is 159 Å². The van der Waals surface area contributed by atoms with Crippen molar-refractivity contribution in [2.24, 2.45) is 0 Å². The highest BCUT2D eigenvalue weighted by atomic mass is 32.1. The standard InChI is InChI=1S/C45H27N3S.C43H27N3S.C41H25N3S/c1-3-11-30-23-34(19-17-28(30)9-1)43-46-44(35-20-18-29-10-2-4-12-31(29)24-35)48-45(47-43)36-25-32-13-5-6-14-37(32)39(27-36)33-21-22-42-40(26-33)38-15-7-8-16-41(38)49-42;1-3-12-28(13-4-1)30-16-11-17-32(26-30)42-44-41(29-14-5-2-6-15-29)45-43(46-42)38-25-24-33(34-18-7-8-19-35(34)38)31-22-23-37-36-20-9-10-21-39(36)47-40(37)27-31;1-2-11-27(12-3-1)39-42-40(31-19-18-26-10-4-5-13-28(26)22-31)44-41(43-39)32-23-29-14-6-7-15-33(29)35(25-32)30-20-21-38-36(24-30)34-16-8-9-17-37(34)45-38/h1-27H;1-27H;1-25H. The Morgan fingerprint density at radius 3 is 0.830 bits per heavy atom. The Bertz CT molecular complexity index is 9700. The maximum atomic E-state index is 5.17. The smallest absolute Gasteiger partial charge is 0.164 e. The minimum absolute atomic E-state index is 0.648. The summed E-state index contributed by atoms with van der Waals surface area (Å²) in [6.45, 7) is 0. The van der Waals surface area contributed by atoms with E-state index in [1.165, 1.54) is 115 Å². The first kappa shape index (κ1) is 83.7. The molecule has 0 unspecified atom stereocenters. The predicted octanol–water partition coefficient (Wildman–Crippen LogP) is 35.3. The fourth-order valence-electron chi connectivity index (χ4n) is 19.7. The Labute approximate surface area is 823 Å². The second-order valence-electron chi connectivity index (χ2n) is 35.4. The average molecular weight is 1850 g/mol. The van der Waals surface area contributed by atoms with Crippen LogP contribution in [0.5, 0.6) is 0 Å². The quantitative estimate of drug-likeness (QED) is 0.111. The molecule has 0 fully saturated rings. The zero-order valence-electron chi connectivity index (χ0n) is 75.9. The molecule has 9 nitrogen and oxygen atoms in total. The second kappa shape index (κ2) is 36.0. The first-order valence-electron chi connectivity index (χ1n) is 47.1. The molecular weight excluding hydrogens is 1770 g/mol. The van der Waals surface area contributed by atoms with Crippen molar-refractivity contribution in [3.63, 3.8) is 0 Å². The van der Waals surface area contributed by atoms with Crippen LogP contribution in [-0.2, 0) is 0 Å². The minimum atomic E-state index is 0.648. The van der Waals surface area contributed by atoms with Crippen LogP contribution in [0.25, 0.3) is 272 Å². The fourth-order valence-corrected chi connectivity index (χ4v) is 23.0. The van der Waals surface area contributed by atoms with E-state index in [0.717, 1.165) is 105 Å². The van der Waals surface area contributed by atoms with Gasteiger partial charge in [-0.25, -0.2) is 44.9 Å². The Morgan fingerprint density at radius 1 is 0.106 bits per heavy atom. The predicted molar refractivity (Wildman–Crippen MR) is 594 cm³/mol. The molecular formula is C129H79N9S3. The molecule has 28 aromatic rings. The molecule has 0 spiro atoms. The molecule has 6 aromatic heterocycles. The van der Waals surface area contributed by atoms with E-state index in [1.54, 1.807) is 0 Å². The van der Waals surface area contributed by atoms with E-state index < -0.39 is 0 Å². The molecule has 0 saturated carbocycles. The normalized spacial score (nSPS) is 11.5. The summed E-state index contributed by atoms with van der Waals surface area (Å²) in [5, 5.41) is 21.8. The summed E-state index contributed by atoms with van der Waals surface area (Å²) in [7, 11) is 0. The maximum absolute atomic E-state index is 5.17. The maximum Gasteiger partial charge on any atom is 0.164 e. The third-order valence-corrected chi connectivity index (χ3v) is 30.1. The van der Waals surface area contributed by atoms with Crippen molar-refractivity contribution in [3.8, 4) is 147 Å². The van der Waals surface area contributed by atoms with Gasteiger partial charge in [-0.3, -0.25) is 0 Å². The van der Waals surface area contributed by atoms with Crippen LogP contribution in [-0.4, -0.2) is 44.9 Å². The van der Waals surface area contributed by atoms with Gasteiger partial charge in [0.05, 0.1) is 0 Å². The number of hydrogen-bond acceptors (Lipinski definition) is 12. The van der Waals surface area contributed by atoms with Gasteiger partial charge in [0.2, 0.25) is 0 Å². The van der Waals surface area contributed by atoms with Crippen molar-refractivity contribution in [1.29, 1.82) is 0 Å². The summed E-state index contributed by atoms with van der Waals surface area (Å²) in [6, 6.07) is 169. The number of benzene rings is 22. The van der Waals surface area contributed by atoms with Gasteiger partial charge < -0.3 is 0 Å². The van der Waals surface area contributed by atoms with Crippen LogP contribution in [0.4, 0.5) is 0 Å². The zero-order valence-corrected chi connectivity index (χ0v) is 78.3. The number of thiophene rings is 3. The molecule has 0 saturated heterocycles. The third-order valence-electron chi connectivity index (χ3n) is 26.7. The highest BCUT2D eigenvalue weighted by Crippen LogP contribution is 2.46. The van der Waals surface area contributed by atoms with Gasteiger partial charge in [-0.05, 0) is 212 Å². The summed E-state index contributed by atoms with van der Waals surface area (Å²) < 4.78 is 7.82.